The molecule has 7 heteroatoms. The average molecular weight is 249 g/mol. The summed E-state index contributed by atoms with van der Waals surface area (Å²) in [5.74, 6) is 2.12. The number of hydrogen-bond donors (Lipinski definition) is 0. The molecule has 0 saturated carbocycles. The second kappa shape index (κ2) is 5.35. The number of piperazine rings is 1. The molecule has 0 amide bonds. The third-order valence-electron chi connectivity index (χ3n) is 2.58. The predicted octanol–water partition coefficient (Wildman–Crippen LogP) is 0.987. The van der Waals surface area contributed by atoms with Gasteiger partial charge in [-0.1, -0.05) is 5.92 Å². The number of hydrogen-bond acceptors (Lipinski definition) is 3. The van der Waals surface area contributed by atoms with Crippen LogP contribution in [-0.2, 0) is 0 Å². The molecule has 0 aliphatic carbocycles. The molecule has 1 aliphatic heterocycles. The van der Waals surface area contributed by atoms with Crippen LogP contribution in [0.4, 0.5) is 17.6 Å². The van der Waals surface area contributed by atoms with Crippen LogP contribution in [0.15, 0.2) is 0 Å². The van der Waals surface area contributed by atoms with Crippen LogP contribution in [0, 0.1) is 23.7 Å². The van der Waals surface area contributed by atoms with Gasteiger partial charge in [0.25, 0.3) is 0 Å². The number of rotatable bonds is 2. The number of alkyl halides is 4. The molecule has 0 aromatic rings. The lowest BCUT2D eigenvalue weighted by Crippen LogP contribution is -2.61. The van der Waals surface area contributed by atoms with Crippen molar-refractivity contribution in [2.75, 3.05) is 26.2 Å². The predicted molar refractivity (Wildman–Crippen MR) is 52.3 cm³/mol. The minimum atomic E-state index is -4.50. The zero-order valence-corrected chi connectivity index (χ0v) is 8.91. The molecule has 0 radical (unpaired) electrons. The van der Waals surface area contributed by atoms with E-state index in [1.807, 2.05) is 0 Å². The number of nitriles is 1. The summed E-state index contributed by atoms with van der Waals surface area (Å²) in [7, 11) is 0. The van der Waals surface area contributed by atoms with Crippen molar-refractivity contribution in [2.24, 2.45) is 0 Å². The van der Waals surface area contributed by atoms with Crippen molar-refractivity contribution in [2.45, 2.75) is 18.5 Å². The summed E-state index contributed by atoms with van der Waals surface area (Å²) in [5.41, 5.74) is 0. The molecule has 1 aliphatic rings. The van der Waals surface area contributed by atoms with E-state index in [0.717, 1.165) is 9.80 Å². The van der Waals surface area contributed by atoms with Crippen LogP contribution in [0.1, 0.15) is 0 Å². The summed E-state index contributed by atoms with van der Waals surface area (Å²) < 4.78 is 51.6. The van der Waals surface area contributed by atoms with Crippen molar-refractivity contribution in [3.05, 3.63) is 0 Å². The Morgan fingerprint density at radius 2 is 1.88 bits per heavy atom. The SMILES string of the molecule is C#CCN1CC(C(F)(F)F)N(CC#N)CC1F. The lowest BCUT2D eigenvalue weighted by Gasteiger charge is -2.42. The first-order chi connectivity index (χ1) is 7.90. The number of nitrogens with zero attached hydrogens (tertiary/aromatic N) is 3. The minimum Gasteiger partial charge on any atom is -0.274 e. The quantitative estimate of drug-likeness (QED) is 0.316. The molecular formula is C10H11F4N3. The molecule has 17 heavy (non-hydrogen) atoms. The van der Waals surface area contributed by atoms with Gasteiger partial charge in [0, 0.05) is 13.1 Å². The van der Waals surface area contributed by atoms with Crippen molar-refractivity contribution in [1.29, 1.82) is 5.26 Å². The highest BCUT2D eigenvalue weighted by Gasteiger charge is 2.48. The van der Waals surface area contributed by atoms with Crippen LogP contribution in [0.25, 0.3) is 0 Å². The molecule has 1 saturated heterocycles. The smallest absolute Gasteiger partial charge is 0.274 e. The molecule has 0 aromatic carbocycles. The molecule has 1 fully saturated rings. The fourth-order valence-electron chi connectivity index (χ4n) is 1.75. The average Bonchev–Trinajstić information content (AvgIpc) is 2.20. The Morgan fingerprint density at radius 1 is 1.24 bits per heavy atom. The normalized spacial score (nSPS) is 27.4. The van der Waals surface area contributed by atoms with Crippen molar-refractivity contribution in [1.82, 2.24) is 9.80 Å². The summed E-state index contributed by atoms with van der Waals surface area (Å²) in [6.45, 7) is -1.63. The highest BCUT2D eigenvalue weighted by Crippen LogP contribution is 2.29. The van der Waals surface area contributed by atoms with Gasteiger partial charge in [-0.2, -0.15) is 18.4 Å². The van der Waals surface area contributed by atoms with Crippen LogP contribution < -0.4 is 0 Å². The van der Waals surface area contributed by atoms with Gasteiger partial charge in [0.15, 0.2) is 6.30 Å². The minimum absolute atomic E-state index is 0.172. The van der Waals surface area contributed by atoms with Crippen molar-refractivity contribution >= 4 is 0 Å². The van der Waals surface area contributed by atoms with Gasteiger partial charge in [0.05, 0.1) is 19.2 Å². The Balaban J connectivity index is 2.83. The van der Waals surface area contributed by atoms with E-state index < -0.39 is 38.1 Å². The molecule has 2 atom stereocenters. The molecule has 1 rings (SSSR count). The molecule has 0 N–H and O–H groups in total. The molecule has 1 heterocycles. The van der Waals surface area contributed by atoms with Crippen LogP contribution in [-0.4, -0.2) is 54.5 Å². The molecule has 0 aromatic heterocycles. The zero-order chi connectivity index (χ0) is 13.1. The standard InChI is InChI=1S/C10H11F4N3/c1-2-4-17-6-8(10(12,13)14)16(5-3-15)7-9(17)11/h1,8-9H,4-7H2. The first kappa shape index (κ1) is 13.8. The first-order valence-electron chi connectivity index (χ1n) is 4.89. The van der Waals surface area contributed by atoms with E-state index in [2.05, 4.69) is 5.92 Å². The van der Waals surface area contributed by atoms with Crippen molar-refractivity contribution in [3.8, 4) is 18.4 Å². The van der Waals surface area contributed by atoms with Crippen LogP contribution in [0.5, 0.6) is 0 Å². The summed E-state index contributed by atoms with van der Waals surface area (Å²) in [6, 6.07) is -0.238. The van der Waals surface area contributed by atoms with Gasteiger partial charge in [0.2, 0.25) is 0 Å². The zero-order valence-electron chi connectivity index (χ0n) is 8.91. The second-order valence-corrected chi connectivity index (χ2v) is 3.71. The number of terminal acetylenes is 1. The largest absolute Gasteiger partial charge is 0.405 e. The molecule has 0 bridgehead atoms. The first-order valence-corrected chi connectivity index (χ1v) is 4.89. The highest BCUT2D eigenvalue weighted by atomic mass is 19.4. The van der Waals surface area contributed by atoms with Gasteiger partial charge in [-0.3, -0.25) is 9.80 Å². The third kappa shape index (κ3) is 3.32. The summed E-state index contributed by atoms with van der Waals surface area (Å²) in [6.07, 6.45) is -1.10. The highest BCUT2D eigenvalue weighted by molar-refractivity contribution is 4.97. The molecule has 94 valence electrons. The van der Waals surface area contributed by atoms with Gasteiger partial charge in [-0.15, -0.1) is 6.42 Å². The lowest BCUT2D eigenvalue weighted by molar-refractivity contribution is -0.206. The van der Waals surface area contributed by atoms with Crippen LogP contribution in [0.3, 0.4) is 0 Å². The van der Waals surface area contributed by atoms with Gasteiger partial charge in [-0.25, -0.2) is 4.39 Å². The van der Waals surface area contributed by atoms with Crippen molar-refractivity contribution < 1.29 is 17.6 Å². The molecule has 0 spiro atoms. The maximum atomic E-state index is 13.5. The Bertz CT molecular complexity index is 341. The van der Waals surface area contributed by atoms with E-state index in [4.69, 9.17) is 11.7 Å². The maximum Gasteiger partial charge on any atom is 0.405 e. The van der Waals surface area contributed by atoms with E-state index in [0.29, 0.717) is 0 Å². The molecule has 2 unspecified atom stereocenters. The second-order valence-electron chi connectivity index (χ2n) is 3.71. The molecular weight excluding hydrogens is 238 g/mol. The van der Waals surface area contributed by atoms with Gasteiger partial charge in [-0.05, 0) is 0 Å². The number of halogens is 4. The van der Waals surface area contributed by atoms with E-state index >= 15 is 0 Å². The van der Waals surface area contributed by atoms with Crippen molar-refractivity contribution in [3.63, 3.8) is 0 Å². The maximum absolute atomic E-state index is 13.5. The monoisotopic (exact) mass is 249 g/mol. The van der Waals surface area contributed by atoms with Crippen LogP contribution in [0.2, 0.25) is 0 Å². The van der Waals surface area contributed by atoms with E-state index in [9.17, 15) is 17.6 Å². The lowest BCUT2D eigenvalue weighted by atomic mass is 10.1. The van der Waals surface area contributed by atoms with E-state index in [-0.39, 0.29) is 6.54 Å². The summed E-state index contributed by atoms with van der Waals surface area (Å²) in [5, 5.41) is 8.43. The fourth-order valence-corrected chi connectivity index (χ4v) is 1.75. The van der Waals surface area contributed by atoms with Gasteiger partial charge < -0.3 is 0 Å². The van der Waals surface area contributed by atoms with E-state index in [1.54, 1.807) is 6.07 Å². The Hall–Kier alpha value is -1.31. The summed E-state index contributed by atoms with van der Waals surface area (Å²) in [4.78, 5) is 1.74. The Labute approximate surface area is 96.6 Å². The van der Waals surface area contributed by atoms with E-state index in [1.165, 1.54) is 0 Å². The topological polar surface area (TPSA) is 30.3 Å². The van der Waals surface area contributed by atoms with Gasteiger partial charge in [0.1, 0.15) is 6.04 Å². The third-order valence-corrected chi connectivity index (χ3v) is 2.58. The Morgan fingerprint density at radius 3 is 2.35 bits per heavy atom. The van der Waals surface area contributed by atoms with Gasteiger partial charge >= 0.3 is 6.18 Å². The Kier molecular flexibility index (Phi) is 4.33. The summed E-state index contributed by atoms with van der Waals surface area (Å²) >= 11 is 0. The molecule has 3 nitrogen and oxygen atoms in total. The van der Waals surface area contributed by atoms with Crippen LogP contribution >= 0.6 is 0 Å². The fraction of sp³-hybridized carbons (Fsp3) is 0.700.